The van der Waals surface area contributed by atoms with Gasteiger partial charge in [0.05, 0.1) is 22.1 Å². The number of ether oxygens (including phenoxy) is 1. The third kappa shape index (κ3) is 2.60. The SMILES string of the molecule is NCC1CN(c2c(Br)cncc2[N+](=O)[O-])CCO1. The van der Waals surface area contributed by atoms with E-state index >= 15 is 0 Å². The van der Waals surface area contributed by atoms with E-state index in [1.165, 1.54) is 6.20 Å². The second-order valence-corrected chi connectivity index (χ2v) is 4.78. The van der Waals surface area contributed by atoms with Crippen LogP contribution in [0.2, 0.25) is 0 Å². The molecule has 0 radical (unpaired) electrons. The van der Waals surface area contributed by atoms with Crippen LogP contribution in [0.5, 0.6) is 0 Å². The van der Waals surface area contributed by atoms with Crippen LogP contribution in [0.4, 0.5) is 11.4 Å². The van der Waals surface area contributed by atoms with Crippen LogP contribution in [0.15, 0.2) is 16.9 Å². The van der Waals surface area contributed by atoms with Gasteiger partial charge in [0, 0.05) is 25.8 Å². The van der Waals surface area contributed by atoms with Gasteiger partial charge in [0.25, 0.3) is 0 Å². The van der Waals surface area contributed by atoms with Gasteiger partial charge >= 0.3 is 5.69 Å². The molecule has 2 N–H and O–H groups in total. The molecule has 1 saturated heterocycles. The first-order valence-corrected chi connectivity index (χ1v) is 6.27. The summed E-state index contributed by atoms with van der Waals surface area (Å²) in [6.45, 7) is 2.04. The van der Waals surface area contributed by atoms with Gasteiger partial charge in [0.15, 0.2) is 0 Å². The van der Waals surface area contributed by atoms with Gasteiger partial charge in [-0.15, -0.1) is 0 Å². The van der Waals surface area contributed by atoms with Crippen LogP contribution in [0.1, 0.15) is 0 Å². The molecule has 1 fully saturated rings. The standard InChI is InChI=1S/C10H13BrN4O3/c11-8-4-13-5-9(15(16)17)10(8)14-1-2-18-7(3-12)6-14/h4-5,7H,1-3,6,12H2. The highest BCUT2D eigenvalue weighted by Gasteiger charge is 2.27. The third-order valence-corrected chi connectivity index (χ3v) is 3.35. The largest absolute Gasteiger partial charge is 0.373 e. The topological polar surface area (TPSA) is 94.5 Å². The lowest BCUT2D eigenvalue weighted by Gasteiger charge is -2.33. The number of nitrogens with zero attached hydrogens (tertiary/aromatic N) is 3. The second-order valence-electron chi connectivity index (χ2n) is 3.92. The summed E-state index contributed by atoms with van der Waals surface area (Å²) >= 11 is 3.31. The molecule has 98 valence electrons. The molecule has 1 aromatic heterocycles. The van der Waals surface area contributed by atoms with Crippen molar-refractivity contribution in [1.82, 2.24) is 4.98 Å². The van der Waals surface area contributed by atoms with Crippen molar-refractivity contribution in [2.24, 2.45) is 5.73 Å². The van der Waals surface area contributed by atoms with Crippen LogP contribution in [-0.4, -0.2) is 42.3 Å². The number of nitrogens with two attached hydrogens (primary N) is 1. The summed E-state index contributed by atoms with van der Waals surface area (Å²) in [5.41, 5.74) is 6.10. The van der Waals surface area contributed by atoms with Crippen molar-refractivity contribution in [3.05, 3.63) is 27.0 Å². The fraction of sp³-hybridized carbons (Fsp3) is 0.500. The summed E-state index contributed by atoms with van der Waals surface area (Å²) in [7, 11) is 0. The van der Waals surface area contributed by atoms with Crippen LogP contribution in [0.25, 0.3) is 0 Å². The molecule has 0 amide bonds. The van der Waals surface area contributed by atoms with E-state index < -0.39 is 4.92 Å². The molecule has 1 aliphatic rings. The molecule has 8 heteroatoms. The van der Waals surface area contributed by atoms with E-state index in [0.29, 0.717) is 36.4 Å². The number of nitro groups is 1. The third-order valence-electron chi connectivity index (χ3n) is 2.77. The molecule has 1 aromatic rings. The predicted molar refractivity (Wildman–Crippen MR) is 69.6 cm³/mol. The minimum Gasteiger partial charge on any atom is -0.373 e. The number of hydrogen-bond acceptors (Lipinski definition) is 6. The molecule has 18 heavy (non-hydrogen) atoms. The van der Waals surface area contributed by atoms with E-state index in [2.05, 4.69) is 20.9 Å². The van der Waals surface area contributed by atoms with Crippen molar-refractivity contribution < 1.29 is 9.66 Å². The lowest BCUT2D eigenvalue weighted by Crippen LogP contribution is -2.46. The van der Waals surface area contributed by atoms with Crippen LogP contribution < -0.4 is 10.6 Å². The lowest BCUT2D eigenvalue weighted by atomic mass is 10.2. The number of aromatic nitrogens is 1. The normalized spacial score (nSPS) is 19.9. The summed E-state index contributed by atoms with van der Waals surface area (Å²) < 4.78 is 6.06. The van der Waals surface area contributed by atoms with E-state index in [0.717, 1.165) is 0 Å². The quantitative estimate of drug-likeness (QED) is 0.658. The minimum atomic E-state index is -0.431. The highest BCUT2D eigenvalue weighted by molar-refractivity contribution is 9.10. The smallest absolute Gasteiger partial charge is 0.311 e. The van der Waals surface area contributed by atoms with Crippen LogP contribution in [0, 0.1) is 10.1 Å². The molecule has 1 unspecified atom stereocenters. The van der Waals surface area contributed by atoms with Crippen molar-refractivity contribution in [2.75, 3.05) is 31.1 Å². The molecule has 0 saturated carbocycles. The summed E-state index contributed by atoms with van der Waals surface area (Å²) in [4.78, 5) is 16.3. The highest BCUT2D eigenvalue weighted by atomic mass is 79.9. The van der Waals surface area contributed by atoms with E-state index in [1.807, 2.05) is 4.90 Å². The zero-order valence-corrected chi connectivity index (χ0v) is 11.2. The molecule has 0 spiro atoms. The van der Waals surface area contributed by atoms with Crippen LogP contribution in [0.3, 0.4) is 0 Å². The van der Waals surface area contributed by atoms with Crippen molar-refractivity contribution in [2.45, 2.75) is 6.10 Å². The molecule has 2 heterocycles. The first-order valence-electron chi connectivity index (χ1n) is 5.48. The Balaban J connectivity index is 2.34. The maximum absolute atomic E-state index is 11.0. The van der Waals surface area contributed by atoms with Gasteiger partial charge in [-0.1, -0.05) is 0 Å². The number of pyridine rings is 1. The Morgan fingerprint density at radius 3 is 3.11 bits per heavy atom. The zero-order valence-electron chi connectivity index (χ0n) is 9.58. The maximum atomic E-state index is 11.0. The van der Waals surface area contributed by atoms with Gasteiger partial charge in [-0.05, 0) is 15.9 Å². The molecular weight excluding hydrogens is 304 g/mol. The Kier molecular flexibility index (Phi) is 4.10. The summed E-state index contributed by atoms with van der Waals surface area (Å²) in [6.07, 6.45) is 2.71. The second kappa shape index (κ2) is 5.59. The summed E-state index contributed by atoms with van der Waals surface area (Å²) in [5, 5.41) is 11.0. The molecule has 2 rings (SSSR count). The Labute approximate surface area is 112 Å². The van der Waals surface area contributed by atoms with E-state index in [4.69, 9.17) is 10.5 Å². The van der Waals surface area contributed by atoms with Gasteiger partial charge in [-0.25, -0.2) is 0 Å². The molecule has 0 aromatic carbocycles. The summed E-state index contributed by atoms with van der Waals surface area (Å²) in [6, 6.07) is 0. The fourth-order valence-electron chi connectivity index (χ4n) is 1.93. The molecule has 1 atom stereocenters. The number of anilines is 1. The van der Waals surface area contributed by atoms with E-state index in [1.54, 1.807) is 6.20 Å². The first kappa shape index (κ1) is 13.2. The summed E-state index contributed by atoms with van der Waals surface area (Å²) in [5.74, 6) is 0. The van der Waals surface area contributed by atoms with E-state index in [-0.39, 0.29) is 11.8 Å². The van der Waals surface area contributed by atoms with Gasteiger partial charge in [-0.2, -0.15) is 0 Å². The van der Waals surface area contributed by atoms with Crippen molar-refractivity contribution in [1.29, 1.82) is 0 Å². The monoisotopic (exact) mass is 316 g/mol. The number of morpholine rings is 1. The van der Waals surface area contributed by atoms with Gasteiger partial charge in [0.1, 0.15) is 11.9 Å². The van der Waals surface area contributed by atoms with Gasteiger partial charge < -0.3 is 15.4 Å². The van der Waals surface area contributed by atoms with Gasteiger partial charge in [-0.3, -0.25) is 15.1 Å². The minimum absolute atomic E-state index is 0.0120. The Hall–Kier alpha value is -1.25. The van der Waals surface area contributed by atoms with Crippen LogP contribution in [-0.2, 0) is 4.74 Å². The number of hydrogen-bond donors (Lipinski definition) is 1. The Morgan fingerprint density at radius 2 is 2.44 bits per heavy atom. The fourth-order valence-corrected chi connectivity index (χ4v) is 2.50. The average Bonchev–Trinajstić information content (AvgIpc) is 2.38. The van der Waals surface area contributed by atoms with Crippen LogP contribution >= 0.6 is 15.9 Å². The molecule has 7 nitrogen and oxygen atoms in total. The van der Waals surface area contributed by atoms with E-state index in [9.17, 15) is 10.1 Å². The van der Waals surface area contributed by atoms with Crippen molar-refractivity contribution in [3.63, 3.8) is 0 Å². The Morgan fingerprint density at radius 1 is 1.67 bits per heavy atom. The Bertz CT molecular complexity index is 457. The van der Waals surface area contributed by atoms with Crippen molar-refractivity contribution >= 4 is 27.3 Å². The zero-order chi connectivity index (χ0) is 13.1. The maximum Gasteiger partial charge on any atom is 0.311 e. The molecule has 1 aliphatic heterocycles. The average molecular weight is 317 g/mol. The van der Waals surface area contributed by atoms with Crippen molar-refractivity contribution in [3.8, 4) is 0 Å². The molecule has 0 aliphatic carbocycles. The number of halogens is 1. The highest BCUT2D eigenvalue weighted by Crippen LogP contribution is 2.35. The number of rotatable bonds is 3. The lowest BCUT2D eigenvalue weighted by molar-refractivity contribution is -0.384. The predicted octanol–water partition coefficient (Wildman–Crippen LogP) is 0.916. The molecular formula is C10H13BrN4O3. The first-order chi connectivity index (χ1) is 8.63. The van der Waals surface area contributed by atoms with Gasteiger partial charge in [0.2, 0.25) is 0 Å². The molecule has 0 bridgehead atoms.